The number of hydrogen-bond donors (Lipinski definition) is 4. The predicted octanol–water partition coefficient (Wildman–Crippen LogP) is 2.52. The van der Waals surface area contributed by atoms with Gasteiger partial charge in [0.1, 0.15) is 17.7 Å². The fraction of sp³-hybridized carbons (Fsp3) is 0.552. The van der Waals surface area contributed by atoms with Crippen LogP contribution in [0.5, 0.6) is 0 Å². The summed E-state index contributed by atoms with van der Waals surface area (Å²) in [5.41, 5.74) is -0.239. The van der Waals surface area contributed by atoms with E-state index in [-0.39, 0.29) is 30.8 Å². The second-order valence-electron chi connectivity index (χ2n) is 11.0. The zero-order chi connectivity index (χ0) is 29.9. The average molecular weight is 559 g/mol. The van der Waals surface area contributed by atoms with Crippen LogP contribution in [0, 0.1) is 11.8 Å². The number of hydrogen-bond acceptors (Lipinski definition) is 7. The van der Waals surface area contributed by atoms with Crippen LogP contribution in [0.1, 0.15) is 66.0 Å². The number of esters is 1. The molecule has 0 saturated carbocycles. The van der Waals surface area contributed by atoms with Crippen LogP contribution in [0.4, 0.5) is 4.79 Å². The molecule has 1 saturated heterocycles. The van der Waals surface area contributed by atoms with Crippen LogP contribution in [-0.4, -0.2) is 60.6 Å². The molecule has 1 fully saturated rings. The molecule has 0 spiro atoms. The highest BCUT2D eigenvalue weighted by Crippen LogP contribution is 2.19. The van der Waals surface area contributed by atoms with E-state index in [4.69, 9.17) is 9.47 Å². The molecule has 220 valence electrons. The lowest BCUT2D eigenvalue weighted by Crippen LogP contribution is -2.53. The van der Waals surface area contributed by atoms with Crippen LogP contribution >= 0.6 is 0 Å². The van der Waals surface area contributed by atoms with Crippen molar-refractivity contribution in [2.75, 3.05) is 13.2 Å². The average Bonchev–Trinajstić information content (AvgIpc) is 3.27. The van der Waals surface area contributed by atoms with E-state index in [9.17, 15) is 24.0 Å². The lowest BCUT2D eigenvalue weighted by atomic mass is 9.97. The monoisotopic (exact) mass is 558 g/mol. The van der Waals surface area contributed by atoms with Crippen LogP contribution in [-0.2, 0) is 28.7 Å². The van der Waals surface area contributed by atoms with E-state index in [1.165, 1.54) is 12.2 Å². The summed E-state index contributed by atoms with van der Waals surface area (Å²) in [7, 11) is 0. The number of alkyl carbamates (subject to hydrolysis) is 1. The van der Waals surface area contributed by atoms with Gasteiger partial charge in [-0.05, 0) is 52.0 Å². The first kappa shape index (κ1) is 32.3. The predicted molar refractivity (Wildman–Crippen MR) is 149 cm³/mol. The van der Waals surface area contributed by atoms with E-state index in [0.717, 1.165) is 0 Å². The molecule has 0 bridgehead atoms. The van der Waals surface area contributed by atoms with Gasteiger partial charge in [-0.3, -0.25) is 14.4 Å². The lowest BCUT2D eigenvalue weighted by molar-refractivity contribution is -0.137. The van der Waals surface area contributed by atoms with E-state index in [0.29, 0.717) is 18.5 Å². The summed E-state index contributed by atoms with van der Waals surface area (Å²) in [5, 5.41) is 11.0. The van der Waals surface area contributed by atoms with Gasteiger partial charge in [-0.25, -0.2) is 9.59 Å². The summed E-state index contributed by atoms with van der Waals surface area (Å²) >= 11 is 0. The van der Waals surface area contributed by atoms with Crippen LogP contribution in [0.25, 0.3) is 0 Å². The minimum Gasteiger partial charge on any atom is -0.463 e. The van der Waals surface area contributed by atoms with Gasteiger partial charge in [0.25, 0.3) is 0 Å². The summed E-state index contributed by atoms with van der Waals surface area (Å²) in [5.74, 6) is -2.46. The van der Waals surface area contributed by atoms with Gasteiger partial charge in [-0.1, -0.05) is 50.3 Å². The van der Waals surface area contributed by atoms with E-state index in [2.05, 4.69) is 21.3 Å². The maximum absolute atomic E-state index is 13.6. The molecule has 1 aliphatic heterocycles. The summed E-state index contributed by atoms with van der Waals surface area (Å²) in [4.78, 5) is 63.6. The van der Waals surface area contributed by atoms with Gasteiger partial charge in [0.2, 0.25) is 17.7 Å². The van der Waals surface area contributed by atoms with E-state index in [1.54, 1.807) is 71.9 Å². The maximum Gasteiger partial charge on any atom is 0.408 e. The largest absolute Gasteiger partial charge is 0.463 e. The molecule has 0 aromatic heterocycles. The third kappa shape index (κ3) is 10.7. The molecule has 1 heterocycles. The Morgan fingerprint density at radius 2 is 1.73 bits per heavy atom. The molecular formula is C29H42N4O7. The van der Waals surface area contributed by atoms with Gasteiger partial charge in [0, 0.05) is 24.6 Å². The highest BCUT2D eigenvalue weighted by atomic mass is 16.6. The third-order valence-corrected chi connectivity index (χ3v) is 6.08. The third-order valence-electron chi connectivity index (χ3n) is 6.08. The van der Waals surface area contributed by atoms with Crippen molar-refractivity contribution in [3.8, 4) is 0 Å². The molecule has 1 aromatic rings. The Kier molecular flexibility index (Phi) is 12.2. The Balaban J connectivity index is 2.28. The summed E-state index contributed by atoms with van der Waals surface area (Å²) < 4.78 is 10.3. The number of nitrogens with one attached hydrogen (secondary N) is 4. The lowest BCUT2D eigenvalue weighted by Gasteiger charge is -2.28. The van der Waals surface area contributed by atoms with Gasteiger partial charge in [-0.15, -0.1) is 0 Å². The fourth-order valence-electron chi connectivity index (χ4n) is 4.16. The van der Waals surface area contributed by atoms with E-state index < -0.39 is 47.6 Å². The topological polar surface area (TPSA) is 152 Å². The Hall–Kier alpha value is -3.89. The van der Waals surface area contributed by atoms with Crippen molar-refractivity contribution in [1.82, 2.24) is 21.3 Å². The molecular weight excluding hydrogens is 516 g/mol. The van der Waals surface area contributed by atoms with Crippen molar-refractivity contribution in [3.63, 3.8) is 0 Å². The van der Waals surface area contributed by atoms with Crippen LogP contribution < -0.4 is 21.3 Å². The number of carbonyl (C=O) groups excluding carboxylic acids is 5. The molecule has 11 nitrogen and oxygen atoms in total. The maximum atomic E-state index is 13.6. The van der Waals surface area contributed by atoms with Crippen LogP contribution in [0.3, 0.4) is 0 Å². The zero-order valence-corrected chi connectivity index (χ0v) is 24.1. The second-order valence-corrected chi connectivity index (χ2v) is 11.0. The molecule has 0 aliphatic carbocycles. The Bertz CT molecular complexity index is 1070. The molecule has 4 amide bonds. The number of ether oxygens (including phenoxy) is 2. The first-order chi connectivity index (χ1) is 18.8. The van der Waals surface area contributed by atoms with Crippen molar-refractivity contribution < 1.29 is 33.4 Å². The normalized spacial score (nSPS) is 17.5. The van der Waals surface area contributed by atoms with Crippen LogP contribution in [0.2, 0.25) is 0 Å². The quantitative estimate of drug-likeness (QED) is 0.227. The van der Waals surface area contributed by atoms with Gasteiger partial charge < -0.3 is 30.7 Å². The van der Waals surface area contributed by atoms with E-state index in [1.807, 2.05) is 0 Å². The molecule has 4 N–H and O–H groups in total. The van der Waals surface area contributed by atoms with Crippen molar-refractivity contribution in [2.24, 2.45) is 11.8 Å². The number of rotatable bonds is 12. The zero-order valence-electron chi connectivity index (χ0n) is 24.1. The summed E-state index contributed by atoms with van der Waals surface area (Å²) in [6, 6.07) is 5.87. The first-order valence-electron chi connectivity index (χ1n) is 13.6. The van der Waals surface area contributed by atoms with Crippen molar-refractivity contribution in [2.45, 2.75) is 78.1 Å². The van der Waals surface area contributed by atoms with Gasteiger partial charge in [0.15, 0.2) is 0 Å². The molecule has 40 heavy (non-hydrogen) atoms. The molecule has 0 unspecified atom stereocenters. The summed E-state index contributed by atoms with van der Waals surface area (Å²) in [6.45, 7) is 11.1. The molecule has 1 aliphatic rings. The standard InChI is InChI=1S/C29H42N4O7/c1-7-39-22(34)14-13-21(17-20-15-16-30-25(20)35)31-27(37)24(19-11-9-8-10-12-19)32-26(36)23(18(2)3)33-28(38)40-29(4,5)6/h8-14,18,20-21,23-24H,7,15-17H2,1-6H3,(H,30,35)(H,31,37)(H,32,36)(H,33,38)/b14-13+/t20-,21+,23-,24-/m0/s1. The minimum absolute atomic E-state index is 0.121. The van der Waals surface area contributed by atoms with Gasteiger partial charge in [0.05, 0.1) is 6.61 Å². The molecule has 4 atom stereocenters. The first-order valence-corrected chi connectivity index (χ1v) is 13.6. The fourth-order valence-corrected chi connectivity index (χ4v) is 4.16. The van der Waals surface area contributed by atoms with Crippen molar-refractivity contribution in [3.05, 3.63) is 48.0 Å². The molecule has 0 radical (unpaired) electrons. The summed E-state index contributed by atoms with van der Waals surface area (Å²) in [6.07, 6.45) is 2.83. The SMILES string of the molecule is CCOC(=O)/C=C/[C@H](C[C@@H]1CCNC1=O)NC(=O)[C@@H](NC(=O)[C@@H](NC(=O)OC(C)(C)C)C(C)C)c1ccccc1. The van der Waals surface area contributed by atoms with E-state index >= 15 is 0 Å². The molecule has 1 aromatic carbocycles. The van der Waals surface area contributed by atoms with Crippen molar-refractivity contribution in [1.29, 1.82) is 0 Å². The van der Waals surface area contributed by atoms with Crippen molar-refractivity contribution >= 4 is 29.8 Å². The molecule has 2 rings (SSSR count). The van der Waals surface area contributed by atoms with Gasteiger partial charge in [-0.2, -0.15) is 0 Å². The number of benzene rings is 1. The second kappa shape index (κ2) is 15.0. The Morgan fingerprint density at radius 3 is 2.27 bits per heavy atom. The van der Waals surface area contributed by atoms with Crippen LogP contribution in [0.15, 0.2) is 42.5 Å². The van der Waals surface area contributed by atoms with Gasteiger partial charge >= 0.3 is 12.1 Å². The smallest absolute Gasteiger partial charge is 0.408 e. The Morgan fingerprint density at radius 1 is 1.05 bits per heavy atom. The minimum atomic E-state index is -1.12. The molecule has 11 heteroatoms. The number of carbonyl (C=O) groups is 5. The highest BCUT2D eigenvalue weighted by Gasteiger charge is 2.33. The Labute approximate surface area is 235 Å². The highest BCUT2D eigenvalue weighted by molar-refractivity contribution is 5.92. The number of amides is 4.